The molecular weight excluding hydrogens is 414 g/mol. The highest BCUT2D eigenvalue weighted by Gasteiger charge is 2.25. The molecule has 0 aliphatic heterocycles. The molecule has 10 heteroatoms. The van der Waals surface area contributed by atoms with Gasteiger partial charge in [0.1, 0.15) is 17.1 Å². The van der Waals surface area contributed by atoms with Crippen molar-refractivity contribution >= 4 is 17.5 Å². The third kappa shape index (κ3) is 5.99. The lowest BCUT2D eigenvalue weighted by atomic mass is 9.91. The van der Waals surface area contributed by atoms with Crippen LogP contribution in [0.1, 0.15) is 66.3 Å². The lowest BCUT2D eigenvalue weighted by Gasteiger charge is -2.29. The minimum absolute atomic E-state index is 0.00948. The Morgan fingerprint density at radius 2 is 1.72 bits per heavy atom. The number of carbonyl (C=O) groups is 2. The zero-order chi connectivity index (χ0) is 23.1. The Kier molecular flexibility index (Phi) is 7.69. The molecule has 0 radical (unpaired) electrons. The third-order valence-corrected chi connectivity index (χ3v) is 5.47. The van der Waals surface area contributed by atoms with E-state index in [0.29, 0.717) is 43.6 Å². The number of rotatable bonds is 8. The summed E-state index contributed by atoms with van der Waals surface area (Å²) in [4.78, 5) is 52.3. The molecule has 2 aromatic rings. The maximum atomic E-state index is 12.6. The Morgan fingerprint density at radius 3 is 2.38 bits per heavy atom. The summed E-state index contributed by atoms with van der Waals surface area (Å²) in [5.41, 5.74) is 3.99. The van der Waals surface area contributed by atoms with Gasteiger partial charge in [0.25, 0.3) is 17.4 Å². The van der Waals surface area contributed by atoms with Crippen LogP contribution in [0.25, 0.3) is 0 Å². The molecule has 1 heterocycles. The van der Waals surface area contributed by atoms with Crippen LogP contribution in [0.15, 0.2) is 33.9 Å². The molecule has 6 N–H and O–H groups in total. The van der Waals surface area contributed by atoms with Crippen molar-refractivity contribution in [2.45, 2.75) is 57.5 Å². The van der Waals surface area contributed by atoms with Gasteiger partial charge in [-0.25, -0.2) is 4.79 Å². The number of anilines is 1. The van der Waals surface area contributed by atoms with E-state index >= 15 is 0 Å². The van der Waals surface area contributed by atoms with Crippen LogP contribution < -0.4 is 32.4 Å². The van der Waals surface area contributed by atoms with E-state index < -0.39 is 17.2 Å². The first kappa shape index (κ1) is 23.1. The summed E-state index contributed by atoms with van der Waals surface area (Å²) in [6.07, 6.45) is 4.65. The van der Waals surface area contributed by atoms with Gasteiger partial charge in [-0.3, -0.25) is 19.4 Å². The van der Waals surface area contributed by atoms with Gasteiger partial charge in [-0.05, 0) is 50.3 Å². The quantitative estimate of drug-likeness (QED) is 0.387. The summed E-state index contributed by atoms with van der Waals surface area (Å²) in [6.45, 7) is 2.71. The molecule has 1 aliphatic rings. The van der Waals surface area contributed by atoms with E-state index in [1.807, 2.05) is 11.1 Å². The van der Waals surface area contributed by atoms with Gasteiger partial charge in [-0.2, -0.15) is 0 Å². The predicted molar refractivity (Wildman–Crippen MR) is 120 cm³/mol. The van der Waals surface area contributed by atoms with Gasteiger partial charge in [-0.1, -0.05) is 19.4 Å². The summed E-state index contributed by atoms with van der Waals surface area (Å²) in [7, 11) is 0. The average Bonchev–Trinajstić information content (AvgIpc) is 2.78. The minimum atomic E-state index is -0.801. The highest BCUT2D eigenvalue weighted by atomic mass is 16.5. The second-order valence-electron chi connectivity index (χ2n) is 7.92. The fourth-order valence-corrected chi connectivity index (χ4v) is 3.65. The van der Waals surface area contributed by atoms with Crippen LogP contribution in [0.3, 0.4) is 0 Å². The molecule has 172 valence electrons. The molecular formula is C22H29N5O5. The monoisotopic (exact) mass is 443 g/mol. The zero-order valence-corrected chi connectivity index (χ0v) is 18.0. The Bertz CT molecular complexity index is 1070. The number of unbranched alkanes of at least 4 members (excludes halogenated alkanes) is 1. The number of benzene rings is 1. The normalized spacial score (nSPS) is 18.0. The summed E-state index contributed by atoms with van der Waals surface area (Å²) >= 11 is 0. The first-order valence-corrected chi connectivity index (χ1v) is 10.8. The number of H-pyrrole nitrogens is 2. The number of aromatic amines is 2. The number of nitrogen functional groups attached to an aromatic ring is 1. The van der Waals surface area contributed by atoms with Gasteiger partial charge in [0, 0.05) is 17.6 Å². The van der Waals surface area contributed by atoms with Crippen molar-refractivity contribution in [2.75, 3.05) is 12.3 Å². The molecule has 0 unspecified atom stereocenters. The van der Waals surface area contributed by atoms with Gasteiger partial charge in [0.15, 0.2) is 0 Å². The number of hydrogen-bond acceptors (Lipinski definition) is 6. The largest absolute Gasteiger partial charge is 0.494 e. The van der Waals surface area contributed by atoms with E-state index in [2.05, 4.69) is 22.5 Å². The molecule has 0 spiro atoms. The van der Waals surface area contributed by atoms with Crippen molar-refractivity contribution in [3.05, 3.63) is 56.4 Å². The molecule has 2 amide bonds. The van der Waals surface area contributed by atoms with Gasteiger partial charge < -0.3 is 26.1 Å². The lowest BCUT2D eigenvalue weighted by Crippen LogP contribution is -2.44. The third-order valence-electron chi connectivity index (χ3n) is 5.47. The van der Waals surface area contributed by atoms with Gasteiger partial charge in [0.05, 0.1) is 6.61 Å². The van der Waals surface area contributed by atoms with E-state index in [0.717, 1.165) is 12.8 Å². The number of carbonyl (C=O) groups excluding carboxylic acids is 2. The molecule has 1 fully saturated rings. The van der Waals surface area contributed by atoms with Crippen LogP contribution in [-0.2, 0) is 0 Å². The molecule has 10 nitrogen and oxygen atoms in total. The van der Waals surface area contributed by atoms with E-state index in [1.165, 1.54) is 0 Å². The van der Waals surface area contributed by atoms with Crippen LogP contribution >= 0.6 is 0 Å². The molecule has 1 saturated carbocycles. The highest BCUT2D eigenvalue weighted by Crippen LogP contribution is 2.20. The minimum Gasteiger partial charge on any atom is -0.494 e. The topological polar surface area (TPSA) is 159 Å². The van der Waals surface area contributed by atoms with Gasteiger partial charge in [-0.15, -0.1) is 0 Å². The summed E-state index contributed by atoms with van der Waals surface area (Å²) < 4.78 is 5.67. The second-order valence-corrected chi connectivity index (χ2v) is 7.92. The first-order chi connectivity index (χ1) is 15.4. The summed E-state index contributed by atoms with van der Waals surface area (Å²) in [5.74, 6) is -0.0834. The van der Waals surface area contributed by atoms with Gasteiger partial charge >= 0.3 is 5.69 Å². The van der Waals surface area contributed by atoms with Crippen molar-refractivity contribution in [2.24, 2.45) is 0 Å². The van der Waals surface area contributed by atoms with Crippen LogP contribution in [0.2, 0.25) is 0 Å². The number of ether oxygens (including phenoxy) is 1. The fourth-order valence-electron chi connectivity index (χ4n) is 3.65. The SMILES string of the molecule is CCCCOc1cccc(C(=O)NC2CCC(NC(=O)c3[nH]c(=O)[nH]c(=O)c3N)CC2)c1. The van der Waals surface area contributed by atoms with E-state index in [4.69, 9.17) is 10.5 Å². The van der Waals surface area contributed by atoms with E-state index in [1.54, 1.807) is 18.2 Å². The Morgan fingerprint density at radius 1 is 1.06 bits per heavy atom. The molecule has 32 heavy (non-hydrogen) atoms. The molecule has 3 rings (SSSR count). The van der Waals surface area contributed by atoms with E-state index in [9.17, 15) is 19.2 Å². The standard InChI is InChI=1S/C22H29N5O5/c1-2-3-11-32-16-6-4-5-13(12-16)19(28)24-14-7-9-15(10-8-14)25-21(30)18-17(23)20(29)27-22(31)26-18/h4-6,12,14-15H,2-3,7-11,23H2,1H3,(H,24,28)(H,25,30)(H2,26,27,29,31). The van der Waals surface area contributed by atoms with Crippen molar-refractivity contribution in [1.29, 1.82) is 0 Å². The number of amides is 2. The lowest BCUT2D eigenvalue weighted by molar-refractivity contribution is 0.0889. The van der Waals surface area contributed by atoms with Crippen molar-refractivity contribution < 1.29 is 14.3 Å². The smallest absolute Gasteiger partial charge is 0.326 e. The molecule has 1 aromatic heterocycles. The molecule has 0 atom stereocenters. The zero-order valence-electron chi connectivity index (χ0n) is 18.0. The van der Waals surface area contributed by atoms with Crippen LogP contribution in [0.4, 0.5) is 5.69 Å². The number of hydrogen-bond donors (Lipinski definition) is 5. The maximum absolute atomic E-state index is 12.6. The fraction of sp³-hybridized carbons (Fsp3) is 0.455. The molecule has 0 bridgehead atoms. The van der Waals surface area contributed by atoms with Crippen molar-refractivity contribution in [3.8, 4) is 5.75 Å². The van der Waals surface area contributed by atoms with Crippen LogP contribution in [0.5, 0.6) is 5.75 Å². The molecule has 1 aliphatic carbocycles. The Labute approximate surface area is 185 Å². The van der Waals surface area contributed by atoms with Crippen molar-refractivity contribution in [1.82, 2.24) is 20.6 Å². The van der Waals surface area contributed by atoms with Crippen LogP contribution in [0, 0.1) is 0 Å². The van der Waals surface area contributed by atoms with E-state index in [-0.39, 0.29) is 29.4 Å². The Hall–Kier alpha value is -3.56. The van der Waals surface area contributed by atoms with Crippen molar-refractivity contribution in [3.63, 3.8) is 0 Å². The highest BCUT2D eigenvalue weighted by molar-refractivity contribution is 5.97. The average molecular weight is 444 g/mol. The summed E-state index contributed by atoms with van der Waals surface area (Å²) in [6, 6.07) is 6.97. The van der Waals surface area contributed by atoms with Crippen LogP contribution in [-0.4, -0.2) is 40.5 Å². The van der Waals surface area contributed by atoms with Gasteiger partial charge in [0.2, 0.25) is 0 Å². The number of nitrogens with one attached hydrogen (secondary N) is 4. The first-order valence-electron chi connectivity index (χ1n) is 10.8. The number of aromatic nitrogens is 2. The second kappa shape index (κ2) is 10.7. The Balaban J connectivity index is 1.50. The molecule has 1 aromatic carbocycles. The predicted octanol–water partition coefficient (Wildman–Crippen LogP) is 1.30. The maximum Gasteiger partial charge on any atom is 0.326 e. The number of nitrogens with two attached hydrogens (primary N) is 1. The molecule has 0 saturated heterocycles. The summed E-state index contributed by atoms with van der Waals surface area (Å²) in [5, 5.41) is 5.84.